The average Bonchev–Trinajstić information content (AvgIpc) is 3.12. The van der Waals surface area contributed by atoms with Crippen molar-refractivity contribution in [2.75, 3.05) is 18.4 Å². The van der Waals surface area contributed by atoms with Gasteiger partial charge in [-0.1, -0.05) is 6.07 Å². The predicted octanol–water partition coefficient (Wildman–Crippen LogP) is 2.79. The van der Waals surface area contributed by atoms with Gasteiger partial charge in [0.1, 0.15) is 17.8 Å². The minimum atomic E-state index is -4.80. The molecule has 192 valence electrons. The number of anilines is 1. The molecule has 1 aliphatic heterocycles. The van der Waals surface area contributed by atoms with Crippen molar-refractivity contribution in [2.45, 2.75) is 67.7 Å². The molecule has 4 atom stereocenters. The van der Waals surface area contributed by atoms with Crippen LogP contribution in [0.15, 0.2) is 35.6 Å². The molecule has 0 aromatic carbocycles. The second kappa shape index (κ2) is 9.47. The molecule has 0 spiro atoms. The first-order chi connectivity index (χ1) is 16.4. The fourth-order valence-corrected chi connectivity index (χ4v) is 5.61. The van der Waals surface area contributed by atoms with Crippen LogP contribution in [0.3, 0.4) is 0 Å². The predicted molar refractivity (Wildman–Crippen MR) is 116 cm³/mol. The number of aliphatic hydroxyl groups is 1. The van der Waals surface area contributed by atoms with Crippen LogP contribution >= 0.6 is 0 Å². The maximum Gasteiger partial charge on any atom is 0.423 e. The molecular formula is C21H25F4N5O4S. The lowest BCUT2D eigenvalue weighted by atomic mass is 10.0. The molecule has 1 saturated heterocycles. The van der Waals surface area contributed by atoms with Crippen molar-refractivity contribution in [3.05, 3.63) is 36.2 Å². The minimum absolute atomic E-state index is 0.0190. The van der Waals surface area contributed by atoms with Crippen LogP contribution in [0.1, 0.15) is 38.2 Å². The van der Waals surface area contributed by atoms with E-state index in [1.54, 1.807) is 6.07 Å². The SMILES string of the molecule is C[C@]1(O)CCC[C@H]1Oc1nc(N[C@@H]2CCN(S(=O)(=O)c3ccccn3)C[C@H]2F)ncc1C(F)(F)F. The molecule has 0 amide bonds. The highest BCUT2D eigenvalue weighted by Gasteiger charge is 2.43. The van der Waals surface area contributed by atoms with Crippen molar-refractivity contribution >= 4 is 16.0 Å². The fourth-order valence-electron chi connectivity index (χ4n) is 4.21. The third-order valence-corrected chi connectivity index (χ3v) is 8.00. The van der Waals surface area contributed by atoms with Crippen molar-refractivity contribution in [3.63, 3.8) is 0 Å². The Labute approximate surface area is 199 Å². The Morgan fingerprint density at radius 1 is 1.26 bits per heavy atom. The molecule has 0 unspecified atom stereocenters. The summed E-state index contributed by atoms with van der Waals surface area (Å²) >= 11 is 0. The number of pyridine rings is 1. The summed E-state index contributed by atoms with van der Waals surface area (Å²) in [5, 5.41) is 12.8. The van der Waals surface area contributed by atoms with E-state index in [4.69, 9.17) is 4.74 Å². The first-order valence-corrected chi connectivity index (χ1v) is 12.5. The first-order valence-electron chi connectivity index (χ1n) is 11.0. The van der Waals surface area contributed by atoms with E-state index in [1.807, 2.05) is 0 Å². The van der Waals surface area contributed by atoms with Crippen LogP contribution in [0.25, 0.3) is 0 Å². The van der Waals surface area contributed by atoms with Crippen LogP contribution in [0, 0.1) is 0 Å². The number of nitrogens with one attached hydrogen (secondary N) is 1. The van der Waals surface area contributed by atoms with E-state index in [0.29, 0.717) is 25.5 Å². The molecular weight excluding hydrogens is 494 g/mol. The summed E-state index contributed by atoms with van der Waals surface area (Å²) in [6, 6.07) is 3.44. The second-order valence-corrected chi connectivity index (χ2v) is 10.7. The molecule has 1 aliphatic carbocycles. The average molecular weight is 520 g/mol. The van der Waals surface area contributed by atoms with E-state index in [2.05, 4.69) is 20.3 Å². The zero-order chi connectivity index (χ0) is 25.4. The Hall–Kier alpha value is -2.58. The number of halogens is 4. The molecule has 2 aromatic rings. The van der Waals surface area contributed by atoms with Gasteiger partial charge in [0.25, 0.3) is 10.0 Å². The largest absolute Gasteiger partial charge is 0.471 e. The van der Waals surface area contributed by atoms with Crippen LogP contribution in [0.4, 0.5) is 23.5 Å². The quantitative estimate of drug-likeness (QED) is 0.560. The van der Waals surface area contributed by atoms with Crippen LogP contribution in [0.2, 0.25) is 0 Å². The summed E-state index contributed by atoms with van der Waals surface area (Å²) in [7, 11) is -3.99. The smallest absolute Gasteiger partial charge is 0.423 e. The molecule has 2 N–H and O–H groups in total. The van der Waals surface area contributed by atoms with Gasteiger partial charge in [0.05, 0.1) is 11.6 Å². The van der Waals surface area contributed by atoms with Gasteiger partial charge in [-0.25, -0.2) is 22.8 Å². The number of hydrogen-bond donors (Lipinski definition) is 2. The summed E-state index contributed by atoms with van der Waals surface area (Å²) in [5.41, 5.74) is -2.52. The molecule has 14 heteroatoms. The van der Waals surface area contributed by atoms with Gasteiger partial charge in [-0.15, -0.1) is 0 Å². The van der Waals surface area contributed by atoms with Crippen molar-refractivity contribution in [2.24, 2.45) is 0 Å². The summed E-state index contributed by atoms with van der Waals surface area (Å²) < 4.78 is 87.3. The third kappa shape index (κ3) is 5.48. The summed E-state index contributed by atoms with van der Waals surface area (Å²) in [6.07, 6.45) is -4.18. The lowest BCUT2D eigenvalue weighted by Crippen LogP contribution is -2.50. The summed E-state index contributed by atoms with van der Waals surface area (Å²) in [5.74, 6) is -1.05. The number of aromatic nitrogens is 3. The molecule has 0 radical (unpaired) electrons. The molecule has 2 fully saturated rings. The lowest BCUT2D eigenvalue weighted by Gasteiger charge is -2.34. The maximum atomic E-state index is 14.9. The highest BCUT2D eigenvalue weighted by molar-refractivity contribution is 7.89. The highest BCUT2D eigenvalue weighted by Crippen LogP contribution is 2.39. The van der Waals surface area contributed by atoms with Crippen LogP contribution in [-0.4, -0.2) is 69.8 Å². The van der Waals surface area contributed by atoms with Gasteiger partial charge in [-0.2, -0.15) is 22.5 Å². The Kier molecular flexibility index (Phi) is 6.90. The number of ether oxygens (including phenoxy) is 1. The fraction of sp³-hybridized carbons (Fsp3) is 0.571. The normalized spacial score (nSPS) is 28.1. The molecule has 2 aliphatic rings. The zero-order valence-electron chi connectivity index (χ0n) is 18.7. The Morgan fingerprint density at radius 3 is 2.63 bits per heavy atom. The molecule has 35 heavy (non-hydrogen) atoms. The number of alkyl halides is 4. The molecule has 4 rings (SSSR count). The molecule has 9 nitrogen and oxygen atoms in total. The standard InChI is InChI=1S/C21H25F4N5O4S/c1-20(31)8-4-5-16(20)34-18-13(21(23,24)25)11-27-19(29-18)28-15-7-10-30(12-14(15)22)35(32,33)17-6-2-3-9-26-17/h2-3,6,9,11,14-16,31H,4-5,7-8,10,12H2,1H3,(H,27,28,29)/t14-,15-,16-,20+/m1/s1. The number of rotatable bonds is 6. The maximum absolute atomic E-state index is 14.9. The number of piperidine rings is 1. The van der Waals surface area contributed by atoms with Gasteiger partial charge in [-0.3, -0.25) is 0 Å². The zero-order valence-corrected chi connectivity index (χ0v) is 19.6. The van der Waals surface area contributed by atoms with Crippen LogP contribution < -0.4 is 10.1 Å². The van der Waals surface area contributed by atoms with Gasteiger partial charge in [0.2, 0.25) is 11.8 Å². The third-order valence-electron chi connectivity index (χ3n) is 6.22. The first kappa shape index (κ1) is 25.5. The Balaban J connectivity index is 1.49. The van der Waals surface area contributed by atoms with Crippen molar-refractivity contribution in [3.8, 4) is 5.88 Å². The van der Waals surface area contributed by atoms with E-state index in [0.717, 1.165) is 4.31 Å². The molecule has 0 bridgehead atoms. The topological polar surface area (TPSA) is 118 Å². The van der Waals surface area contributed by atoms with Crippen molar-refractivity contribution < 1.29 is 35.8 Å². The molecule has 2 aromatic heterocycles. The van der Waals surface area contributed by atoms with E-state index in [-0.39, 0.29) is 23.9 Å². The van der Waals surface area contributed by atoms with Gasteiger partial charge in [0, 0.05) is 25.5 Å². The van der Waals surface area contributed by atoms with Crippen molar-refractivity contribution in [1.29, 1.82) is 0 Å². The monoisotopic (exact) mass is 519 g/mol. The van der Waals surface area contributed by atoms with Gasteiger partial charge in [0.15, 0.2) is 5.03 Å². The van der Waals surface area contributed by atoms with E-state index >= 15 is 0 Å². The number of sulfonamides is 1. The minimum Gasteiger partial charge on any atom is -0.471 e. The summed E-state index contributed by atoms with van der Waals surface area (Å²) in [4.78, 5) is 11.3. The van der Waals surface area contributed by atoms with Crippen molar-refractivity contribution in [1.82, 2.24) is 19.3 Å². The number of nitrogens with zero attached hydrogens (tertiary/aromatic N) is 4. The van der Waals surface area contributed by atoms with E-state index in [1.165, 1.54) is 25.3 Å². The molecule has 1 saturated carbocycles. The van der Waals surface area contributed by atoms with Gasteiger partial charge < -0.3 is 15.2 Å². The molecule has 3 heterocycles. The number of hydrogen-bond acceptors (Lipinski definition) is 8. The summed E-state index contributed by atoms with van der Waals surface area (Å²) in [6.45, 7) is 0.982. The van der Waals surface area contributed by atoms with Crippen LogP contribution in [0.5, 0.6) is 5.88 Å². The highest BCUT2D eigenvalue weighted by atomic mass is 32.2. The second-order valence-electron chi connectivity index (χ2n) is 8.85. The van der Waals surface area contributed by atoms with E-state index in [9.17, 15) is 31.1 Å². The Morgan fingerprint density at radius 2 is 2.03 bits per heavy atom. The van der Waals surface area contributed by atoms with Gasteiger partial charge in [-0.05, 0) is 44.7 Å². The van der Waals surface area contributed by atoms with Crippen LogP contribution in [-0.2, 0) is 16.2 Å². The van der Waals surface area contributed by atoms with E-state index < -0.39 is 58.1 Å². The van der Waals surface area contributed by atoms with Gasteiger partial charge >= 0.3 is 6.18 Å². The Bertz CT molecular complexity index is 1150. The lowest BCUT2D eigenvalue weighted by molar-refractivity contribution is -0.141.